The number of hydrogen-bond acceptors (Lipinski definition) is 2. The van der Waals surface area contributed by atoms with Crippen LogP contribution in [0.4, 0.5) is 0 Å². The van der Waals surface area contributed by atoms with E-state index in [1.54, 1.807) is 11.8 Å². The first-order chi connectivity index (χ1) is 8.28. The molecule has 3 heteroatoms. The Balaban J connectivity index is 2.02. The molecule has 0 unspecified atom stereocenters. The van der Waals surface area contributed by atoms with Gasteiger partial charge in [0.15, 0.2) is 0 Å². The number of thioether (sulfide) groups is 1. The predicted octanol–water partition coefficient (Wildman–Crippen LogP) is 4.23. The first-order valence-corrected chi connectivity index (χ1v) is 7.13. The molecule has 0 atom stereocenters. The summed E-state index contributed by atoms with van der Waals surface area (Å²) in [4.78, 5) is 1.19. The van der Waals surface area contributed by atoms with Gasteiger partial charge in [-0.3, -0.25) is 0 Å². The highest BCUT2D eigenvalue weighted by atomic mass is 79.9. The van der Waals surface area contributed by atoms with Crippen LogP contribution < -0.4 is 0 Å². The van der Waals surface area contributed by atoms with Gasteiger partial charge in [-0.2, -0.15) is 0 Å². The monoisotopic (exact) mass is 308 g/mol. The Morgan fingerprint density at radius 1 is 1.00 bits per heavy atom. The van der Waals surface area contributed by atoms with Crippen molar-refractivity contribution < 1.29 is 5.11 Å². The number of benzene rings is 2. The molecular formula is C14H13BrOS. The maximum atomic E-state index is 9.07. The van der Waals surface area contributed by atoms with E-state index in [9.17, 15) is 0 Å². The van der Waals surface area contributed by atoms with Crippen molar-refractivity contribution in [3.8, 4) is 0 Å². The Morgan fingerprint density at radius 2 is 1.76 bits per heavy atom. The summed E-state index contributed by atoms with van der Waals surface area (Å²) in [5.41, 5.74) is 2.25. The first kappa shape index (κ1) is 12.7. The Kier molecular flexibility index (Phi) is 4.66. The third kappa shape index (κ3) is 3.87. The molecule has 0 bridgehead atoms. The molecule has 17 heavy (non-hydrogen) atoms. The summed E-state index contributed by atoms with van der Waals surface area (Å²) in [5, 5.41) is 9.07. The summed E-state index contributed by atoms with van der Waals surface area (Å²) < 4.78 is 1.11. The smallest absolute Gasteiger partial charge is 0.0682 e. The van der Waals surface area contributed by atoms with Crippen molar-refractivity contribution in [1.82, 2.24) is 0 Å². The first-order valence-electron chi connectivity index (χ1n) is 5.35. The maximum absolute atomic E-state index is 9.07. The van der Waals surface area contributed by atoms with Crippen LogP contribution >= 0.6 is 27.7 Å². The van der Waals surface area contributed by atoms with Crippen molar-refractivity contribution in [3.63, 3.8) is 0 Å². The highest BCUT2D eigenvalue weighted by Gasteiger charge is 1.98. The van der Waals surface area contributed by atoms with Gasteiger partial charge in [-0.25, -0.2) is 0 Å². The van der Waals surface area contributed by atoms with Crippen LogP contribution in [0.2, 0.25) is 0 Å². The van der Waals surface area contributed by atoms with Crippen LogP contribution in [0.15, 0.2) is 57.9 Å². The molecule has 1 nitrogen and oxygen atoms in total. The van der Waals surface area contributed by atoms with E-state index in [4.69, 9.17) is 5.11 Å². The molecule has 0 amide bonds. The van der Waals surface area contributed by atoms with Gasteiger partial charge in [0.25, 0.3) is 0 Å². The molecule has 0 heterocycles. The second-order valence-corrected chi connectivity index (χ2v) is 5.69. The van der Waals surface area contributed by atoms with Crippen LogP contribution in [0.25, 0.3) is 0 Å². The van der Waals surface area contributed by atoms with E-state index < -0.39 is 0 Å². The van der Waals surface area contributed by atoms with Gasteiger partial charge in [0.05, 0.1) is 6.61 Å². The molecule has 0 saturated carbocycles. The van der Waals surface area contributed by atoms with E-state index in [2.05, 4.69) is 34.1 Å². The SMILES string of the molecule is OCc1cccc(SCc2cccc(Br)c2)c1. The fourth-order valence-electron chi connectivity index (χ4n) is 1.53. The second kappa shape index (κ2) is 6.24. The fourth-order valence-corrected chi connectivity index (χ4v) is 2.90. The average Bonchev–Trinajstić information content (AvgIpc) is 2.37. The molecule has 0 spiro atoms. The van der Waals surface area contributed by atoms with Gasteiger partial charge in [-0.1, -0.05) is 40.2 Å². The Hall–Kier alpha value is -0.770. The van der Waals surface area contributed by atoms with Crippen molar-refractivity contribution in [3.05, 3.63) is 64.1 Å². The molecule has 0 radical (unpaired) electrons. The lowest BCUT2D eigenvalue weighted by Crippen LogP contribution is -1.84. The molecule has 0 aliphatic carbocycles. The van der Waals surface area contributed by atoms with Crippen molar-refractivity contribution in [2.75, 3.05) is 0 Å². The van der Waals surface area contributed by atoms with Crippen molar-refractivity contribution in [2.24, 2.45) is 0 Å². The fraction of sp³-hybridized carbons (Fsp3) is 0.143. The number of aliphatic hydroxyl groups excluding tert-OH is 1. The largest absolute Gasteiger partial charge is 0.392 e. The van der Waals surface area contributed by atoms with E-state index in [0.29, 0.717) is 0 Å². The quantitative estimate of drug-likeness (QED) is 0.853. The van der Waals surface area contributed by atoms with Crippen molar-refractivity contribution in [2.45, 2.75) is 17.3 Å². The average molecular weight is 309 g/mol. The Labute approximate surface area is 114 Å². The minimum atomic E-state index is 0.102. The standard InChI is InChI=1S/C14H13BrOS/c15-13-5-1-4-12(7-13)10-17-14-6-2-3-11(8-14)9-16/h1-8,16H,9-10H2. The third-order valence-corrected chi connectivity index (χ3v) is 3.93. The van der Waals surface area contributed by atoms with E-state index in [0.717, 1.165) is 15.8 Å². The summed E-state index contributed by atoms with van der Waals surface area (Å²) in [6.45, 7) is 0.102. The summed E-state index contributed by atoms with van der Waals surface area (Å²) >= 11 is 5.25. The van der Waals surface area contributed by atoms with Crippen molar-refractivity contribution in [1.29, 1.82) is 0 Å². The second-order valence-electron chi connectivity index (χ2n) is 3.72. The zero-order valence-electron chi connectivity index (χ0n) is 9.27. The van der Waals surface area contributed by atoms with Crippen LogP contribution in [0.3, 0.4) is 0 Å². The van der Waals surface area contributed by atoms with Gasteiger partial charge in [0.1, 0.15) is 0 Å². The molecule has 0 fully saturated rings. The molecule has 0 aliphatic rings. The van der Waals surface area contributed by atoms with Crippen LogP contribution in [-0.2, 0) is 12.4 Å². The maximum Gasteiger partial charge on any atom is 0.0682 e. The third-order valence-electron chi connectivity index (χ3n) is 2.38. The van der Waals surface area contributed by atoms with Gasteiger partial charge < -0.3 is 5.11 Å². The Bertz CT molecular complexity index is 499. The highest BCUT2D eigenvalue weighted by molar-refractivity contribution is 9.10. The molecular weight excluding hydrogens is 296 g/mol. The normalized spacial score (nSPS) is 10.5. The van der Waals surface area contributed by atoms with E-state index in [1.807, 2.05) is 30.3 Å². The summed E-state index contributed by atoms with van der Waals surface area (Å²) in [6, 6.07) is 16.3. The van der Waals surface area contributed by atoms with Crippen LogP contribution in [0.1, 0.15) is 11.1 Å². The van der Waals surface area contributed by atoms with Gasteiger partial charge in [-0.15, -0.1) is 11.8 Å². The molecule has 1 N–H and O–H groups in total. The molecule has 0 aromatic heterocycles. The predicted molar refractivity (Wildman–Crippen MR) is 76.1 cm³/mol. The van der Waals surface area contributed by atoms with Gasteiger partial charge in [0.2, 0.25) is 0 Å². The lowest BCUT2D eigenvalue weighted by atomic mass is 10.2. The number of rotatable bonds is 4. The lowest BCUT2D eigenvalue weighted by Gasteiger charge is -2.04. The van der Waals surface area contributed by atoms with Crippen LogP contribution in [-0.4, -0.2) is 5.11 Å². The van der Waals surface area contributed by atoms with Crippen molar-refractivity contribution >= 4 is 27.7 Å². The minimum absolute atomic E-state index is 0.102. The topological polar surface area (TPSA) is 20.2 Å². The molecule has 2 rings (SSSR count). The molecule has 88 valence electrons. The molecule has 0 saturated heterocycles. The van der Waals surface area contributed by atoms with E-state index in [-0.39, 0.29) is 6.61 Å². The number of hydrogen-bond donors (Lipinski definition) is 1. The highest BCUT2D eigenvalue weighted by Crippen LogP contribution is 2.24. The molecule has 2 aromatic rings. The van der Waals surface area contributed by atoms with Crippen LogP contribution in [0.5, 0.6) is 0 Å². The molecule has 0 aliphatic heterocycles. The van der Waals surface area contributed by atoms with Gasteiger partial charge in [-0.05, 0) is 35.4 Å². The number of halogens is 1. The van der Waals surface area contributed by atoms with Gasteiger partial charge >= 0.3 is 0 Å². The van der Waals surface area contributed by atoms with Gasteiger partial charge in [0, 0.05) is 15.1 Å². The van der Waals surface area contributed by atoms with Crippen LogP contribution in [0, 0.1) is 0 Å². The summed E-state index contributed by atoms with van der Waals surface area (Å²) in [6.07, 6.45) is 0. The summed E-state index contributed by atoms with van der Waals surface area (Å²) in [7, 11) is 0. The zero-order chi connectivity index (χ0) is 12.1. The Morgan fingerprint density at radius 3 is 2.53 bits per heavy atom. The van der Waals surface area contributed by atoms with E-state index >= 15 is 0 Å². The minimum Gasteiger partial charge on any atom is -0.392 e. The van der Waals surface area contributed by atoms with E-state index in [1.165, 1.54) is 10.5 Å². The molecule has 2 aromatic carbocycles. The summed E-state index contributed by atoms with van der Waals surface area (Å²) in [5.74, 6) is 0.939. The zero-order valence-corrected chi connectivity index (χ0v) is 11.7. The number of aliphatic hydroxyl groups is 1. The lowest BCUT2D eigenvalue weighted by molar-refractivity contribution is 0.281.